The van der Waals surface area contributed by atoms with Gasteiger partial charge >= 0.3 is 0 Å². The molecule has 54 valence electrons. The zero-order chi connectivity index (χ0) is 6.97. The van der Waals surface area contributed by atoms with Gasteiger partial charge in [-0.1, -0.05) is 16.8 Å². The molecule has 0 atom stereocenters. The molecule has 1 N–H and O–H groups in total. The van der Waals surface area contributed by atoms with Gasteiger partial charge in [-0.3, -0.25) is 0 Å². The van der Waals surface area contributed by atoms with Crippen molar-refractivity contribution in [2.45, 2.75) is 13.1 Å². The van der Waals surface area contributed by atoms with Crippen LogP contribution in [0.1, 0.15) is 5.69 Å². The van der Waals surface area contributed by atoms with Gasteiger partial charge in [-0.05, 0) is 0 Å². The molecule has 2 heterocycles. The molecule has 0 saturated carbocycles. The molecule has 0 amide bonds. The zero-order valence-corrected chi connectivity index (χ0v) is 6.10. The second kappa shape index (κ2) is 2.21. The number of fused-ring (bicyclic) bond motifs is 1. The number of hydrogen-bond acceptors (Lipinski definition) is 3. The summed E-state index contributed by atoms with van der Waals surface area (Å²) in [7, 11) is 0. The second-order valence-corrected chi connectivity index (χ2v) is 2.58. The molecule has 0 unspecified atom stereocenters. The van der Waals surface area contributed by atoms with Crippen molar-refractivity contribution in [2.24, 2.45) is 0 Å². The van der Waals surface area contributed by atoms with Crippen LogP contribution in [0.2, 0.25) is 5.15 Å². The summed E-state index contributed by atoms with van der Waals surface area (Å²) in [5.41, 5.74) is 0.993. The van der Waals surface area contributed by atoms with Crippen LogP contribution < -0.4 is 5.32 Å². The molecule has 10 heavy (non-hydrogen) atoms. The van der Waals surface area contributed by atoms with Gasteiger partial charge in [0.05, 0.1) is 12.2 Å². The Labute approximate surface area is 63.2 Å². The minimum Gasteiger partial charge on any atom is -0.309 e. The van der Waals surface area contributed by atoms with Crippen molar-refractivity contribution < 1.29 is 0 Å². The third-order valence-corrected chi connectivity index (χ3v) is 1.88. The van der Waals surface area contributed by atoms with Crippen LogP contribution in [0.4, 0.5) is 0 Å². The lowest BCUT2D eigenvalue weighted by molar-refractivity contribution is 0.467. The molecule has 4 nitrogen and oxygen atoms in total. The smallest absolute Gasteiger partial charge is 0.175 e. The standard InChI is InChI=1S/C5H7ClN4/c6-5-4-3-7-1-2-10(4)9-8-5/h7H,1-3H2. The van der Waals surface area contributed by atoms with Crippen molar-refractivity contribution >= 4 is 11.6 Å². The number of nitrogens with zero attached hydrogens (tertiary/aromatic N) is 3. The molecule has 0 fully saturated rings. The summed E-state index contributed by atoms with van der Waals surface area (Å²) in [6, 6.07) is 0. The number of nitrogens with one attached hydrogen (secondary N) is 1. The van der Waals surface area contributed by atoms with Gasteiger partial charge in [0.25, 0.3) is 0 Å². The summed E-state index contributed by atoms with van der Waals surface area (Å²) in [6.45, 7) is 2.60. The Morgan fingerprint density at radius 1 is 1.60 bits per heavy atom. The monoisotopic (exact) mass is 158 g/mol. The lowest BCUT2D eigenvalue weighted by Crippen LogP contribution is -2.28. The Morgan fingerprint density at radius 2 is 2.50 bits per heavy atom. The van der Waals surface area contributed by atoms with Gasteiger partial charge in [0.15, 0.2) is 5.15 Å². The summed E-state index contributed by atoms with van der Waals surface area (Å²) >= 11 is 5.72. The molecule has 0 aromatic carbocycles. The van der Waals surface area contributed by atoms with E-state index in [9.17, 15) is 0 Å². The molecule has 2 rings (SSSR count). The molecular weight excluding hydrogens is 152 g/mol. The van der Waals surface area contributed by atoms with Crippen molar-refractivity contribution in [2.75, 3.05) is 6.54 Å². The van der Waals surface area contributed by atoms with E-state index in [-0.39, 0.29) is 0 Å². The normalized spacial score (nSPS) is 16.9. The average molecular weight is 159 g/mol. The van der Waals surface area contributed by atoms with E-state index in [0.29, 0.717) is 5.15 Å². The molecule has 0 bridgehead atoms. The van der Waals surface area contributed by atoms with Gasteiger partial charge in [0, 0.05) is 13.1 Å². The lowest BCUT2D eigenvalue weighted by atomic mass is 10.4. The summed E-state index contributed by atoms with van der Waals surface area (Å²) in [5, 5.41) is 11.3. The molecule has 0 radical (unpaired) electrons. The van der Waals surface area contributed by atoms with E-state index >= 15 is 0 Å². The van der Waals surface area contributed by atoms with Crippen LogP contribution in [0.15, 0.2) is 0 Å². The van der Waals surface area contributed by atoms with E-state index in [0.717, 1.165) is 25.3 Å². The van der Waals surface area contributed by atoms with E-state index in [1.165, 1.54) is 0 Å². The first kappa shape index (κ1) is 6.12. The molecule has 1 aromatic rings. The highest BCUT2D eigenvalue weighted by Crippen LogP contribution is 2.12. The van der Waals surface area contributed by atoms with Gasteiger partial charge in [0.1, 0.15) is 0 Å². The third kappa shape index (κ3) is 0.803. The Morgan fingerprint density at radius 3 is 3.30 bits per heavy atom. The number of halogens is 1. The number of hydrogen-bond donors (Lipinski definition) is 1. The maximum atomic E-state index is 5.72. The minimum absolute atomic E-state index is 0.521. The molecule has 1 aliphatic rings. The fraction of sp³-hybridized carbons (Fsp3) is 0.600. The molecule has 0 saturated heterocycles. The molecule has 1 aliphatic heterocycles. The average Bonchev–Trinajstić information content (AvgIpc) is 2.34. The van der Waals surface area contributed by atoms with Crippen molar-refractivity contribution in [3.8, 4) is 0 Å². The van der Waals surface area contributed by atoms with Crippen LogP contribution in [0.3, 0.4) is 0 Å². The third-order valence-electron chi connectivity index (χ3n) is 1.58. The molecule has 0 spiro atoms. The molecular formula is C5H7ClN4. The first-order chi connectivity index (χ1) is 4.88. The fourth-order valence-electron chi connectivity index (χ4n) is 1.05. The van der Waals surface area contributed by atoms with E-state index in [1.54, 1.807) is 0 Å². The van der Waals surface area contributed by atoms with Crippen molar-refractivity contribution in [3.63, 3.8) is 0 Å². The van der Waals surface area contributed by atoms with E-state index < -0.39 is 0 Å². The minimum atomic E-state index is 0.521. The lowest BCUT2D eigenvalue weighted by Gasteiger charge is -2.12. The van der Waals surface area contributed by atoms with Crippen LogP contribution in [0, 0.1) is 0 Å². The number of rotatable bonds is 0. The van der Waals surface area contributed by atoms with Crippen LogP contribution in [-0.2, 0) is 13.1 Å². The van der Waals surface area contributed by atoms with Crippen molar-refractivity contribution in [1.29, 1.82) is 0 Å². The quantitative estimate of drug-likeness (QED) is 0.580. The van der Waals surface area contributed by atoms with E-state index in [4.69, 9.17) is 11.6 Å². The zero-order valence-electron chi connectivity index (χ0n) is 5.34. The maximum absolute atomic E-state index is 5.72. The first-order valence-electron chi connectivity index (χ1n) is 3.16. The Balaban J connectivity index is 2.45. The SMILES string of the molecule is Clc1nnn2c1CNCC2. The van der Waals surface area contributed by atoms with Gasteiger partial charge in [-0.15, -0.1) is 5.10 Å². The molecule has 5 heteroatoms. The topological polar surface area (TPSA) is 42.7 Å². The summed E-state index contributed by atoms with van der Waals surface area (Å²) < 4.78 is 1.83. The Kier molecular flexibility index (Phi) is 1.35. The van der Waals surface area contributed by atoms with Crippen LogP contribution in [0.25, 0.3) is 0 Å². The van der Waals surface area contributed by atoms with Gasteiger partial charge in [-0.25, -0.2) is 4.68 Å². The highest BCUT2D eigenvalue weighted by atomic mass is 35.5. The van der Waals surface area contributed by atoms with Crippen LogP contribution in [-0.4, -0.2) is 21.5 Å². The van der Waals surface area contributed by atoms with E-state index in [2.05, 4.69) is 15.6 Å². The van der Waals surface area contributed by atoms with Crippen LogP contribution >= 0.6 is 11.6 Å². The maximum Gasteiger partial charge on any atom is 0.175 e. The van der Waals surface area contributed by atoms with Gasteiger partial charge < -0.3 is 5.32 Å². The van der Waals surface area contributed by atoms with Crippen LogP contribution in [0.5, 0.6) is 0 Å². The number of aromatic nitrogens is 3. The summed E-state index contributed by atoms with van der Waals surface area (Å²) in [5.74, 6) is 0. The predicted molar refractivity (Wildman–Crippen MR) is 36.7 cm³/mol. The van der Waals surface area contributed by atoms with E-state index in [1.807, 2.05) is 4.68 Å². The summed E-state index contributed by atoms with van der Waals surface area (Å²) in [6.07, 6.45) is 0. The molecule has 1 aromatic heterocycles. The highest BCUT2D eigenvalue weighted by molar-refractivity contribution is 6.29. The Hall–Kier alpha value is -0.610. The highest BCUT2D eigenvalue weighted by Gasteiger charge is 2.13. The Bertz CT molecular complexity index is 244. The fourth-order valence-corrected chi connectivity index (χ4v) is 1.25. The predicted octanol–water partition coefficient (Wildman–Crippen LogP) is 0.0347. The van der Waals surface area contributed by atoms with Gasteiger partial charge in [0.2, 0.25) is 0 Å². The van der Waals surface area contributed by atoms with Gasteiger partial charge in [-0.2, -0.15) is 0 Å². The second-order valence-electron chi connectivity index (χ2n) is 2.23. The van der Waals surface area contributed by atoms with Crippen molar-refractivity contribution in [1.82, 2.24) is 20.3 Å². The first-order valence-corrected chi connectivity index (χ1v) is 3.54. The summed E-state index contributed by atoms with van der Waals surface area (Å²) in [4.78, 5) is 0. The van der Waals surface area contributed by atoms with Crippen molar-refractivity contribution in [3.05, 3.63) is 10.8 Å². The molecule has 0 aliphatic carbocycles. The largest absolute Gasteiger partial charge is 0.309 e.